The van der Waals surface area contributed by atoms with E-state index >= 15 is 0 Å². The van der Waals surface area contributed by atoms with Crippen molar-refractivity contribution in [2.45, 2.75) is 19.0 Å². The second-order valence-electron chi connectivity index (χ2n) is 6.12. The van der Waals surface area contributed by atoms with Crippen LogP contribution in [-0.4, -0.2) is 21.5 Å². The Morgan fingerprint density at radius 2 is 1.96 bits per heavy atom. The molecule has 0 radical (unpaired) electrons. The van der Waals surface area contributed by atoms with Gasteiger partial charge in [0, 0.05) is 23.3 Å². The number of benzene rings is 1. The van der Waals surface area contributed by atoms with E-state index in [4.69, 9.17) is 28.2 Å². The Bertz CT molecular complexity index is 910. The monoisotopic (exact) mass is 383 g/mol. The number of rotatable bonds is 4. The smallest absolute Gasteiger partial charge is 0.170 e. The molecular formula is C20H18ClN3OS. The zero-order valence-corrected chi connectivity index (χ0v) is 15.8. The molecule has 4 rings (SSSR count). The topological polar surface area (TPSA) is 41.3 Å². The molecule has 1 fully saturated rings. The Morgan fingerprint density at radius 3 is 2.65 bits per heavy atom. The predicted molar refractivity (Wildman–Crippen MR) is 107 cm³/mol. The van der Waals surface area contributed by atoms with Crippen LogP contribution in [0, 0.1) is 0 Å². The summed E-state index contributed by atoms with van der Waals surface area (Å²) in [6.45, 7) is 2.88. The number of aromatic nitrogens is 1. The highest BCUT2D eigenvalue weighted by molar-refractivity contribution is 7.80. The largest absolute Gasteiger partial charge is 0.459 e. The Hall–Kier alpha value is -2.37. The lowest BCUT2D eigenvalue weighted by molar-refractivity contribution is 0.284. The molecule has 1 aliphatic heterocycles. The Kier molecular flexibility index (Phi) is 4.66. The first-order valence-electron chi connectivity index (χ1n) is 8.51. The molecule has 6 heteroatoms. The maximum absolute atomic E-state index is 6.21. The van der Waals surface area contributed by atoms with E-state index in [0.29, 0.717) is 5.02 Å². The summed E-state index contributed by atoms with van der Waals surface area (Å²) >= 11 is 11.5. The van der Waals surface area contributed by atoms with Crippen LogP contribution in [0.3, 0.4) is 0 Å². The third-order valence-corrected chi connectivity index (χ3v) is 5.19. The Labute approximate surface area is 162 Å². The lowest BCUT2D eigenvalue weighted by Gasteiger charge is -2.24. The number of halogens is 1. The molecule has 3 heterocycles. The van der Waals surface area contributed by atoms with Gasteiger partial charge in [-0.2, -0.15) is 0 Å². The first kappa shape index (κ1) is 17.1. The molecule has 132 valence electrons. The summed E-state index contributed by atoms with van der Waals surface area (Å²) in [5.41, 5.74) is 1.94. The summed E-state index contributed by atoms with van der Waals surface area (Å²) in [4.78, 5) is 6.65. The average Bonchev–Trinajstić information content (AvgIpc) is 3.27. The van der Waals surface area contributed by atoms with Crippen molar-refractivity contribution >= 4 is 28.9 Å². The van der Waals surface area contributed by atoms with Crippen LogP contribution in [0.15, 0.2) is 65.2 Å². The molecule has 0 bridgehead atoms. The summed E-state index contributed by atoms with van der Waals surface area (Å²) in [5.74, 6) is 1.67. The predicted octanol–water partition coefficient (Wildman–Crippen LogP) is 4.99. The van der Waals surface area contributed by atoms with Gasteiger partial charge in [0.05, 0.1) is 11.7 Å². The van der Waals surface area contributed by atoms with Crippen LogP contribution in [-0.2, 0) is 0 Å². The van der Waals surface area contributed by atoms with Crippen molar-refractivity contribution in [2.75, 3.05) is 6.54 Å². The third-order valence-electron chi connectivity index (χ3n) is 4.59. The summed E-state index contributed by atoms with van der Waals surface area (Å²) in [6.07, 6.45) is 1.80. The summed E-state index contributed by atoms with van der Waals surface area (Å²) in [5, 5.41) is 4.82. The van der Waals surface area contributed by atoms with E-state index in [9.17, 15) is 0 Å². The van der Waals surface area contributed by atoms with Crippen LogP contribution < -0.4 is 5.32 Å². The van der Waals surface area contributed by atoms with E-state index in [1.165, 1.54) is 0 Å². The average molecular weight is 384 g/mol. The van der Waals surface area contributed by atoms with Gasteiger partial charge in [-0.25, -0.2) is 0 Å². The lowest BCUT2D eigenvalue weighted by atomic mass is 10.0. The lowest BCUT2D eigenvalue weighted by Crippen LogP contribution is -2.29. The molecule has 1 saturated heterocycles. The zero-order valence-electron chi connectivity index (χ0n) is 14.2. The first-order chi connectivity index (χ1) is 12.7. The summed E-state index contributed by atoms with van der Waals surface area (Å²) in [7, 11) is 0. The SMILES string of the molecule is CCN1C(=S)N[C@H](c2ccccn2)[C@@H]1c1ccc(-c2ccc(Cl)cc2)o1. The van der Waals surface area contributed by atoms with Crippen LogP contribution in [0.1, 0.15) is 30.5 Å². The zero-order chi connectivity index (χ0) is 18.1. The van der Waals surface area contributed by atoms with Crippen molar-refractivity contribution in [3.05, 3.63) is 77.3 Å². The van der Waals surface area contributed by atoms with E-state index < -0.39 is 0 Å². The second-order valence-corrected chi connectivity index (χ2v) is 6.94. The molecule has 3 aromatic rings. The van der Waals surface area contributed by atoms with Gasteiger partial charge in [-0.3, -0.25) is 4.98 Å². The quantitative estimate of drug-likeness (QED) is 0.643. The molecular weight excluding hydrogens is 366 g/mol. The number of likely N-dealkylation sites (N-methyl/N-ethyl adjacent to an activating group) is 1. The van der Waals surface area contributed by atoms with E-state index in [0.717, 1.165) is 34.4 Å². The van der Waals surface area contributed by atoms with E-state index in [1.807, 2.05) is 54.6 Å². The minimum atomic E-state index is -0.0483. The number of thiocarbonyl (C=S) groups is 1. The van der Waals surface area contributed by atoms with Crippen LogP contribution in [0.25, 0.3) is 11.3 Å². The van der Waals surface area contributed by atoms with Crippen LogP contribution in [0.2, 0.25) is 5.02 Å². The van der Waals surface area contributed by atoms with Crippen molar-refractivity contribution in [1.29, 1.82) is 0 Å². The van der Waals surface area contributed by atoms with Gasteiger partial charge in [0.1, 0.15) is 17.6 Å². The van der Waals surface area contributed by atoms with Crippen LogP contribution in [0.4, 0.5) is 0 Å². The molecule has 0 spiro atoms. The van der Waals surface area contributed by atoms with Crippen molar-refractivity contribution in [3.63, 3.8) is 0 Å². The fourth-order valence-electron chi connectivity index (χ4n) is 3.34. The van der Waals surface area contributed by atoms with Crippen molar-refractivity contribution in [1.82, 2.24) is 15.2 Å². The molecule has 0 unspecified atom stereocenters. The number of furan rings is 1. The molecule has 0 aliphatic carbocycles. The normalized spacial score (nSPS) is 19.6. The van der Waals surface area contributed by atoms with Crippen LogP contribution >= 0.6 is 23.8 Å². The van der Waals surface area contributed by atoms with Gasteiger partial charge < -0.3 is 14.6 Å². The number of nitrogens with one attached hydrogen (secondary N) is 1. The molecule has 26 heavy (non-hydrogen) atoms. The van der Waals surface area contributed by atoms with Gasteiger partial charge in [-0.15, -0.1) is 0 Å². The molecule has 0 saturated carbocycles. The maximum Gasteiger partial charge on any atom is 0.170 e. The molecule has 2 aromatic heterocycles. The number of hydrogen-bond acceptors (Lipinski definition) is 3. The third kappa shape index (κ3) is 3.08. The molecule has 0 amide bonds. The van der Waals surface area contributed by atoms with Gasteiger partial charge in [0.2, 0.25) is 0 Å². The Morgan fingerprint density at radius 1 is 1.15 bits per heavy atom. The van der Waals surface area contributed by atoms with E-state index in [1.54, 1.807) is 6.20 Å². The molecule has 4 nitrogen and oxygen atoms in total. The molecule has 2 atom stereocenters. The summed E-state index contributed by atoms with van der Waals surface area (Å²) < 4.78 is 6.21. The second kappa shape index (κ2) is 7.09. The molecule has 1 aliphatic rings. The van der Waals surface area contributed by atoms with Crippen molar-refractivity contribution in [2.24, 2.45) is 0 Å². The van der Waals surface area contributed by atoms with Gasteiger partial charge in [-0.05, 0) is 67.7 Å². The number of pyridine rings is 1. The highest BCUT2D eigenvalue weighted by Crippen LogP contribution is 2.40. The van der Waals surface area contributed by atoms with Gasteiger partial charge in [-0.1, -0.05) is 17.7 Å². The fraction of sp³-hybridized carbons (Fsp3) is 0.200. The number of nitrogens with zero attached hydrogens (tertiary/aromatic N) is 2. The first-order valence-corrected chi connectivity index (χ1v) is 9.29. The molecule has 1 aromatic carbocycles. The van der Waals surface area contributed by atoms with Gasteiger partial charge in [0.25, 0.3) is 0 Å². The van der Waals surface area contributed by atoms with E-state index in [2.05, 4.69) is 22.1 Å². The maximum atomic E-state index is 6.21. The fourth-order valence-corrected chi connectivity index (χ4v) is 3.83. The highest BCUT2D eigenvalue weighted by atomic mass is 35.5. The van der Waals surface area contributed by atoms with E-state index in [-0.39, 0.29) is 12.1 Å². The van der Waals surface area contributed by atoms with Crippen molar-refractivity contribution in [3.8, 4) is 11.3 Å². The summed E-state index contributed by atoms with van der Waals surface area (Å²) in [6, 6.07) is 17.5. The molecule has 1 N–H and O–H groups in total. The van der Waals surface area contributed by atoms with Gasteiger partial charge >= 0.3 is 0 Å². The van der Waals surface area contributed by atoms with Gasteiger partial charge in [0.15, 0.2) is 5.11 Å². The van der Waals surface area contributed by atoms with Crippen LogP contribution in [0.5, 0.6) is 0 Å². The highest BCUT2D eigenvalue weighted by Gasteiger charge is 2.40. The number of hydrogen-bond donors (Lipinski definition) is 1. The minimum Gasteiger partial charge on any atom is -0.459 e. The van der Waals surface area contributed by atoms with Crippen molar-refractivity contribution < 1.29 is 4.42 Å². The minimum absolute atomic E-state index is 0.0385. The standard InChI is InChI=1S/C20H18ClN3OS/c1-2-24-19(18(23-20(24)26)15-5-3-4-12-22-15)17-11-10-16(25-17)13-6-8-14(21)9-7-13/h3-12,18-19H,2H2,1H3,(H,23,26)/t18-,19+/m1/s1. The Balaban J connectivity index is 1.71.